The molecule has 130 valence electrons. The molecule has 2 N–H and O–H groups in total. The number of amides is 2. The molecule has 2 amide bonds. The minimum absolute atomic E-state index is 0.202. The van der Waals surface area contributed by atoms with Crippen LogP contribution >= 0.6 is 0 Å². The smallest absolute Gasteiger partial charge is 0.265 e. The monoisotopic (exact) mass is 346 g/mol. The van der Waals surface area contributed by atoms with Gasteiger partial charge in [-0.15, -0.1) is 0 Å². The van der Waals surface area contributed by atoms with Crippen molar-refractivity contribution in [2.45, 2.75) is 19.4 Å². The largest absolute Gasteiger partial charge is 0.478 e. The number of benzene rings is 2. The molecule has 0 aliphatic carbocycles. The first-order chi connectivity index (χ1) is 11.9. The van der Waals surface area contributed by atoms with Gasteiger partial charge in [0, 0.05) is 12.6 Å². The third-order valence-electron chi connectivity index (χ3n) is 3.80. The van der Waals surface area contributed by atoms with Gasteiger partial charge in [-0.25, -0.2) is 8.78 Å². The third-order valence-corrected chi connectivity index (χ3v) is 3.80. The molecule has 3 rings (SSSR count). The molecule has 7 heteroatoms. The zero-order chi connectivity index (χ0) is 18.0. The van der Waals surface area contributed by atoms with Gasteiger partial charge in [0.2, 0.25) is 0 Å². The van der Waals surface area contributed by atoms with Crippen LogP contribution in [0.4, 0.5) is 14.5 Å². The van der Waals surface area contributed by atoms with Crippen LogP contribution in [0.3, 0.4) is 0 Å². The Morgan fingerprint density at radius 3 is 2.68 bits per heavy atom. The van der Waals surface area contributed by atoms with Gasteiger partial charge in [-0.3, -0.25) is 9.59 Å². The second-order valence-corrected chi connectivity index (χ2v) is 5.72. The van der Waals surface area contributed by atoms with E-state index in [2.05, 4.69) is 10.6 Å². The Kier molecular flexibility index (Phi) is 4.65. The SMILES string of the molecule is C[C@H]1Oc2c(cccc2C(=O)NCCc2cc(F)cc(F)c2)NC1=O. The molecule has 0 aromatic heterocycles. The standard InChI is InChI=1S/C18H16F2N2O3/c1-10-17(23)22-15-4-2-3-14(16(15)25-10)18(24)21-6-5-11-7-12(19)9-13(20)8-11/h2-4,7-10H,5-6H2,1H3,(H,21,24)(H,22,23)/t10-/m1/s1. The number of hydrogen-bond acceptors (Lipinski definition) is 3. The van der Waals surface area contributed by atoms with Crippen molar-refractivity contribution in [2.24, 2.45) is 0 Å². The fourth-order valence-corrected chi connectivity index (χ4v) is 2.58. The molecule has 0 fully saturated rings. The molecule has 1 atom stereocenters. The molecule has 0 saturated heterocycles. The van der Waals surface area contributed by atoms with Gasteiger partial charge in [-0.1, -0.05) is 6.07 Å². The first kappa shape index (κ1) is 16.9. The molecule has 0 saturated carbocycles. The number of carbonyl (C=O) groups excluding carboxylic acids is 2. The average Bonchev–Trinajstić information content (AvgIpc) is 2.54. The van der Waals surface area contributed by atoms with Crippen LogP contribution in [0, 0.1) is 11.6 Å². The summed E-state index contributed by atoms with van der Waals surface area (Å²) < 4.78 is 31.8. The highest BCUT2D eigenvalue weighted by Gasteiger charge is 2.27. The lowest BCUT2D eigenvalue weighted by molar-refractivity contribution is -0.122. The van der Waals surface area contributed by atoms with E-state index in [1.165, 1.54) is 12.1 Å². The molecule has 25 heavy (non-hydrogen) atoms. The van der Waals surface area contributed by atoms with E-state index < -0.39 is 23.6 Å². The van der Waals surface area contributed by atoms with E-state index in [1.807, 2.05) is 0 Å². The van der Waals surface area contributed by atoms with Gasteiger partial charge in [0.05, 0.1) is 11.3 Å². The van der Waals surface area contributed by atoms with Crippen molar-refractivity contribution in [3.8, 4) is 5.75 Å². The number of nitrogens with one attached hydrogen (secondary N) is 2. The molecule has 2 aromatic rings. The van der Waals surface area contributed by atoms with Gasteiger partial charge in [-0.05, 0) is 43.2 Å². The Morgan fingerprint density at radius 2 is 1.96 bits per heavy atom. The van der Waals surface area contributed by atoms with E-state index in [0.29, 0.717) is 17.0 Å². The van der Waals surface area contributed by atoms with Crippen molar-refractivity contribution >= 4 is 17.5 Å². The fraction of sp³-hybridized carbons (Fsp3) is 0.222. The zero-order valence-corrected chi connectivity index (χ0v) is 13.4. The maximum absolute atomic E-state index is 13.2. The van der Waals surface area contributed by atoms with E-state index in [0.717, 1.165) is 6.07 Å². The van der Waals surface area contributed by atoms with Gasteiger partial charge in [0.25, 0.3) is 11.8 Å². The summed E-state index contributed by atoms with van der Waals surface area (Å²) in [6.07, 6.45) is -0.416. The first-order valence-electron chi connectivity index (χ1n) is 7.78. The van der Waals surface area contributed by atoms with Gasteiger partial charge < -0.3 is 15.4 Å². The summed E-state index contributed by atoms with van der Waals surface area (Å²) in [5.74, 6) is -1.67. The molecular weight excluding hydrogens is 330 g/mol. The van der Waals surface area contributed by atoms with E-state index in [9.17, 15) is 18.4 Å². The highest BCUT2D eigenvalue weighted by atomic mass is 19.1. The van der Waals surface area contributed by atoms with Crippen LogP contribution in [0.1, 0.15) is 22.8 Å². The fourth-order valence-electron chi connectivity index (χ4n) is 2.58. The Labute approximate surface area is 143 Å². The predicted molar refractivity (Wildman–Crippen MR) is 87.6 cm³/mol. The Bertz CT molecular complexity index is 819. The summed E-state index contributed by atoms with van der Waals surface area (Å²) >= 11 is 0. The van der Waals surface area contributed by atoms with E-state index in [-0.39, 0.29) is 24.4 Å². The van der Waals surface area contributed by atoms with Crippen LogP contribution in [-0.2, 0) is 11.2 Å². The lowest BCUT2D eigenvalue weighted by atomic mass is 10.1. The minimum Gasteiger partial charge on any atom is -0.478 e. The summed E-state index contributed by atoms with van der Waals surface area (Å²) in [6.45, 7) is 1.79. The number of carbonyl (C=O) groups is 2. The topological polar surface area (TPSA) is 67.4 Å². The number of para-hydroxylation sites is 1. The van der Waals surface area contributed by atoms with Crippen molar-refractivity contribution in [1.29, 1.82) is 0 Å². The lowest BCUT2D eigenvalue weighted by Gasteiger charge is -2.25. The average molecular weight is 346 g/mol. The first-order valence-corrected chi connectivity index (χ1v) is 7.78. The number of halogens is 2. The van der Waals surface area contributed by atoms with Crippen LogP contribution in [-0.4, -0.2) is 24.5 Å². The molecule has 0 spiro atoms. The van der Waals surface area contributed by atoms with Gasteiger partial charge in [0.15, 0.2) is 11.9 Å². The van der Waals surface area contributed by atoms with Gasteiger partial charge in [-0.2, -0.15) is 0 Å². The van der Waals surface area contributed by atoms with Crippen LogP contribution in [0.5, 0.6) is 5.75 Å². The van der Waals surface area contributed by atoms with Crippen molar-refractivity contribution in [3.05, 3.63) is 59.2 Å². The molecule has 0 bridgehead atoms. The second kappa shape index (κ2) is 6.88. The molecule has 5 nitrogen and oxygen atoms in total. The summed E-state index contributed by atoms with van der Waals surface area (Å²) in [5.41, 5.74) is 1.17. The van der Waals surface area contributed by atoms with Crippen molar-refractivity contribution < 1.29 is 23.1 Å². The highest BCUT2D eigenvalue weighted by Crippen LogP contribution is 2.33. The molecule has 1 aliphatic heterocycles. The van der Waals surface area contributed by atoms with Crippen LogP contribution < -0.4 is 15.4 Å². The number of rotatable bonds is 4. The normalized spacial score (nSPS) is 15.8. The molecule has 0 unspecified atom stereocenters. The number of ether oxygens (including phenoxy) is 1. The van der Waals surface area contributed by atoms with Crippen LogP contribution in [0.25, 0.3) is 0 Å². The minimum atomic E-state index is -0.697. The van der Waals surface area contributed by atoms with Crippen LogP contribution in [0.15, 0.2) is 36.4 Å². The zero-order valence-electron chi connectivity index (χ0n) is 13.4. The van der Waals surface area contributed by atoms with Gasteiger partial charge in [0.1, 0.15) is 11.6 Å². The second-order valence-electron chi connectivity index (χ2n) is 5.72. The quantitative estimate of drug-likeness (QED) is 0.894. The molecule has 1 aliphatic rings. The lowest BCUT2D eigenvalue weighted by Crippen LogP contribution is -2.36. The summed E-state index contributed by atoms with van der Waals surface area (Å²) in [6, 6.07) is 8.10. The third kappa shape index (κ3) is 3.76. The number of anilines is 1. The summed E-state index contributed by atoms with van der Waals surface area (Å²) in [5, 5.41) is 5.36. The maximum atomic E-state index is 13.2. The Morgan fingerprint density at radius 1 is 1.24 bits per heavy atom. The summed E-state index contributed by atoms with van der Waals surface area (Å²) in [4.78, 5) is 24.0. The van der Waals surface area contributed by atoms with Crippen LogP contribution in [0.2, 0.25) is 0 Å². The highest BCUT2D eigenvalue weighted by molar-refractivity contribution is 6.03. The summed E-state index contributed by atoms with van der Waals surface area (Å²) in [7, 11) is 0. The molecule has 1 heterocycles. The Hall–Kier alpha value is -2.96. The van der Waals surface area contributed by atoms with E-state index in [4.69, 9.17) is 4.74 Å². The molecular formula is C18H16F2N2O3. The van der Waals surface area contributed by atoms with E-state index >= 15 is 0 Å². The predicted octanol–water partition coefficient (Wildman–Crippen LogP) is 2.66. The van der Waals surface area contributed by atoms with E-state index in [1.54, 1.807) is 25.1 Å². The van der Waals surface area contributed by atoms with Crippen molar-refractivity contribution in [1.82, 2.24) is 5.32 Å². The molecule has 0 radical (unpaired) electrons. The maximum Gasteiger partial charge on any atom is 0.265 e. The van der Waals surface area contributed by atoms with Crippen molar-refractivity contribution in [2.75, 3.05) is 11.9 Å². The van der Waals surface area contributed by atoms with Gasteiger partial charge >= 0.3 is 0 Å². The Balaban J connectivity index is 1.68. The number of fused-ring (bicyclic) bond motifs is 1. The molecule has 2 aromatic carbocycles. The number of hydrogen-bond donors (Lipinski definition) is 2. The van der Waals surface area contributed by atoms with Crippen molar-refractivity contribution in [3.63, 3.8) is 0 Å².